The summed E-state index contributed by atoms with van der Waals surface area (Å²) < 4.78 is 4.91. The molecule has 1 heterocycles. The predicted octanol–water partition coefficient (Wildman–Crippen LogP) is 6.04. The van der Waals surface area contributed by atoms with Crippen molar-refractivity contribution in [2.45, 2.75) is 6.42 Å². The molecule has 0 bridgehead atoms. The Morgan fingerprint density at radius 3 is 2.10 bits per heavy atom. The molecule has 0 radical (unpaired) electrons. The maximum Gasteiger partial charge on any atom is 0.350 e. The molecule has 4 nitrogen and oxygen atoms in total. The number of carbonyl (C=O) groups excluding carboxylic acids is 2. The van der Waals surface area contributed by atoms with Crippen molar-refractivity contribution >= 4 is 28.9 Å². The monoisotopic (exact) mass is 427 g/mol. The molecule has 0 aliphatic heterocycles. The van der Waals surface area contributed by atoms with Gasteiger partial charge in [-0.3, -0.25) is 4.79 Å². The lowest BCUT2D eigenvalue weighted by atomic mass is 10.0. The summed E-state index contributed by atoms with van der Waals surface area (Å²) in [6, 6.07) is 29.2. The second-order valence-corrected chi connectivity index (χ2v) is 8.08. The van der Waals surface area contributed by atoms with Crippen molar-refractivity contribution in [3.05, 3.63) is 113 Å². The first-order chi connectivity index (χ1) is 15.1. The fourth-order valence-corrected chi connectivity index (χ4v) is 4.31. The van der Waals surface area contributed by atoms with E-state index in [2.05, 4.69) is 17.4 Å². The van der Waals surface area contributed by atoms with Crippen LogP contribution in [0.3, 0.4) is 0 Å². The Balaban J connectivity index is 1.53. The zero-order chi connectivity index (χ0) is 21.6. The van der Waals surface area contributed by atoms with Crippen molar-refractivity contribution in [2.75, 3.05) is 12.4 Å². The van der Waals surface area contributed by atoms with Crippen molar-refractivity contribution in [2.24, 2.45) is 0 Å². The molecule has 0 unspecified atom stereocenters. The molecule has 1 N–H and O–H groups in total. The summed E-state index contributed by atoms with van der Waals surface area (Å²) in [6.07, 6.45) is 0.806. The molecular weight excluding hydrogens is 406 g/mol. The first-order valence-corrected chi connectivity index (χ1v) is 10.7. The lowest BCUT2D eigenvalue weighted by Crippen LogP contribution is -2.14. The second kappa shape index (κ2) is 9.41. The van der Waals surface area contributed by atoms with Gasteiger partial charge < -0.3 is 10.1 Å². The highest BCUT2D eigenvalue weighted by Crippen LogP contribution is 2.35. The molecule has 3 aromatic carbocycles. The molecule has 154 valence electrons. The molecule has 1 aromatic heterocycles. The van der Waals surface area contributed by atoms with E-state index in [1.54, 1.807) is 12.1 Å². The predicted molar refractivity (Wildman–Crippen MR) is 125 cm³/mol. The lowest BCUT2D eigenvalue weighted by molar-refractivity contribution is 0.0607. The molecular formula is C26H21NO3S. The number of esters is 1. The van der Waals surface area contributed by atoms with Crippen LogP contribution < -0.4 is 5.32 Å². The summed E-state index contributed by atoms with van der Waals surface area (Å²) >= 11 is 1.30. The number of thiophene rings is 1. The first-order valence-electron chi connectivity index (χ1n) is 9.86. The van der Waals surface area contributed by atoms with Gasteiger partial charge in [0, 0.05) is 10.4 Å². The van der Waals surface area contributed by atoms with Crippen molar-refractivity contribution in [3.63, 3.8) is 0 Å². The van der Waals surface area contributed by atoms with Crippen molar-refractivity contribution < 1.29 is 14.3 Å². The summed E-state index contributed by atoms with van der Waals surface area (Å²) in [5, 5.41) is 2.87. The van der Waals surface area contributed by atoms with E-state index in [0.29, 0.717) is 16.1 Å². The molecule has 0 spiro atoms. The molecule has 0 fully saturated rings. The van der Waals surface area contributed by atoms with Crippen LogP contribution in [-0.4, -0.2) is 19.0 Å². The number of carbonyl (C=O) groups is 2. The maximum absolute atomic E-state index is 12.8. The van der Waals surface area contributed by atoms with Gasteiger partial charge in [-0.05, 0) is 41.3 Å². The van der Waals surface area contributed by atoms with E-state index >= 15 is 0 Å². The van der Waals surface area contributed by atoms with Crippen LogP contribution in [0.1, 0.15) is 31.2 Å². The summed E-state index contributed by atoms with van der Waals surface area (Å²) in [6.45, 7) is 0. The SMILES string of the molecule is COC(=O)c1sc(-c2ccccc2)cc1NC(=O)c1ccc(Cc2ccccc2)cc1. The van der Waals surface area contributed by atoms with E-state index in [0.717, 1.165) is 22.4 Å². The quantitative estimate of drug-likeness (QED) is 0.381. The normalized spacial score (nSPS) is 10.5. The fourth-order valence-electron chi connectivity index (χ4n) is 3.27. The molecule has 0 atom stereocenters. The number of rotatable bonds is 6. The van der Waals surface area contributed by atoms with Gasteiger partial charge in [0.25, 0.3) is 5.91 Å². The molecule has 0 aliphatic carbocycles. The van der Waals surface area contributed by atoms with Crippen LogP contribution in [0.4, 0.5) is 5.69 Å². The Kier molecular flexibility index (Phi) is 6.24. The highest BCUT2D eigenvalue weighted by Gasteiger charge is 2.20. The van der Waals surface area contributed by atoms with E-state index < -0.39 is 5.97 Å². The zero-order valence-corrected chi connectivity index (χ0v) is 17.8. The summed E-state index contributed by atoms with van der Waals surface area (Å²) in [5.41, 5.74) is 4.30. The van der Waals surface area contributed by atoms with Crippen LogP contribution >= 0.6 is 11.3 Å². The van der Waals surface area contributed by atoms with Gasteiger partial charge in [0.2, 0.25) is 0 Å². The van der Waals surface area contributed by atoms with E-state index in [4.69, 9.17) is 4.74 Å². The Bertz CT molecular complexity index is 1180. The molecule has 4 aromatic rings. The van der Waals surface area contributed by atoms with Gasteiger partial charge in [0.15, 0.2) is 0 Å². The molecule has 0 saturated carbocycles. The van der Waals surface area contributed by atoms with E-state index in [1.165, 1.54) is 24.0 Å². The molecule has 0 aliphatic rings. The number of hydrogen-bond acceptors (Lipinski definition) is 4. The number of amides is 1. The van der Waals surface area contributed by atoms with Gasteiger partial charge >= 0.3 is 5.97 Å². The largest absolute Gasteiger partial charge is 0.465 e. The van der Waals surface area contributed by atoms with Gasteiger partial charge in [-0.1, -0.05) is 72.8 Å². The third kappa shape index (κ3) is 4.90. The standard InChI is InChI=1S/C26H21NO3S/c1-30-26(29)24-22(17-23(31-24)20-10-6-3-7-11-20)27-25(28)21-14-12-19(13-15-21)16-18-8-4-2-5-9-18/h2-15,17H,16H2,1H3,(H,27,28). The minimum Gasteiger partial charge on any atom is -0.465 e. The Morgan fingerprint density at radius 2 is 1.45 bits per heavy atom. The second-order valence-electron chi connectivity index (χ2n) is 7.02. The van der Waals surface area contributed by atoms with Crippen LogP contribution in [-0.2, 0) is 11.2 Å². The topological polar surface area (TPSA) is 55.4 Å². The van der Waals surface area contributed by atoms with Crippen LogP contribution in [0.25, 0.3) is 10.4 Å². The highest BCUT2D eigenvalue weighted by atomic mass is 32.1. The van der Waals surface area contributed by atoms with Crippen molar-refractivity contribution in [1.82, 2.24) is 0 Å². The van der Waals surface area contributed by atoms with Gasteiger partial charge in [-0.15, -0.1) is 11.3 Å². The number of anilines is 1. The van der Waals surface area contributed by atoms with Gasteiger partial charge in [0.05, 0.1) is 12.8 Å². The number of benzene rings is 3. The highest BCUT2D eigenvalue weighted by molar-refractivity contribution is 7.18. The number of ether oxygens (including phenoxy) is 1. The molecule has 0 saturated heterocycles. The van der Waals surface area contributed by atoms with Crippen LogP contribution in [0.2, 0.25) is 0 Å². The summed E-state index contributed by atoms with van der Waals surface area (Å²) in [5.74, 6) is -0.741. The number of nitrogens with one attached hydrogen (secondary N) is 1. The molecule has 4 rings (SSSR count). The average molecular weight is 428 g/mol. The van der Waals surface area contributed by atoms with Crippen LogP contribution in [0.15, 0.2) is 91.0 Å². The molecule has 31 heavy (non-hydrogen) atoms. The van der Waals surface area contributed by atoms with Crippen molar-refractivity contribution in [3.8, 4) is 10.4 Å². The van der Waals surface area contributed by atoms with Crippen LogP contribution in [0.5, 0.6) is 0 Å². The Morgan fingerprint density at radius 1 is 0.839 bits per heavy atom. The van der Waals surface area contributed by atoms with E-state index in [-0.39, 0.29) is 5.91 Å². The van der Waals surface area contributed by atoms with E-state index in [9.17, 15) is 9.59 Å². The van der Waals surface area contributed by atoms with Gasteiger partial charge in [0.1, 0.15) is 4.88 Å². The summed E-state index contributed by atoms with van der Waals surface area (Å²) in [4.78, 5) is 26.3. The zero-order valence-electron chi connectivity index (χ0n) is 17.0. The third-order valence-electron chi connectivity index (χ3n) is 4.88. The summed E-state index contributed by atoms with van der Waals surface area (Å²) in [7, 11) is 1.33. The fraction of sp³-hybridized carbons (Fsp3) is 0.0769. The number of hydrogen-bond donors (Lipinski definition) is 1. The Labute approximate surface area is 185 Å². The molecule has 5 heteroatoms. The molecule has 1 amide bonds. The first kappa shape index (κ1) is 20.6. The minimum absolute atomic E-state index is 0.270. The lowest BCUT2D eigenvalue weighted by Gasteiger charge is -2.07. The van der Waals surface area contributed by atoms with Crippen LogP contribution in [0, 0.1) is 0 Å². The van der Waals surface area contributed by atoms with Gasteiger partial charge in [-0.2, -0.15) is 0 Å². The number of methoxy groups -OCH3 is 1. The smallest absolute Gasteiger partial charge is 0.350 e. The third-order valence-corrected chi connectivity index (χ3v) is 6.04. The van der Waals surface area contributed by atoms with Gasteiger partial charge in [-0.25, -0.2) is 4.79 Å². The van der Waals surface area contributed by atoms with E-state index in [1.807, 2.05) is 66.7 Å². The minimum atomic E-state index is -0.472. The maximum atomic E-state index is 12.8. The average Bonchev–Trinajstić information content (AvgIpc) is 3.24. The van der Waals surface area contributed by atoms with Crippen molar-refractivity contribution in [1.29, 1.82) is 0 Å². The Hall–Kier alpha value is -3.70.